The molecule has 11 heteroatoms. The van der Waals surface area contributed by atoms with Crippen molar-refractivity contribution in [2.24, 2.45) is 5.92 Å². The molecule has 3 aromatic rings. The van der Waals surface area contributed by atoms with Crippen LogP contribution in [-0.2, 0) is 19.1 Å². The van der Waals surface area contributed by atoms with E-state index in [4.69, 9.17) is 0 Å². The molecule has 2 aromatic heterocycles. The molecule has 0 radical (unpaired) electrons. The fourth-order valence-electron chi connectivity index (χ4n) is 5.34. The second kappa shape index (κ2) is 10.8. The molecule has 204 valence electrons. The molecule has 3 N–H and O–H groups in total. The zero-order valence-corrected chi connectivity index (χ0v) is 21.9. The number of halogens is 3. The molecule has 2 aliphatic heterocycles. The minimum absolute atomic E-state index is 0.000751. The lowest BCUT2D eigenvalue weighted by atomic mass is 9.99. The quantitative estimate of drug-likeness (QED) is 0.384. The zero-order valence-electron chi connectivity index (χ0n) is 21.9. The lowest BCUT2D eigenvalue weighted by molar-refractivity contribution is -0.144. The fraction of sp³-hybridized carbons (Fsp3) is 0.519. The van der Waals surface area contributed by atoms with E-state index in [0.29, 0.717) is 17.9 Å². The number of hydrogen-bond acceptors (Lipinski definition) is 7. The summed E-state index contributed by atoms with van der Waals surface area (Å²) in [4.78, 5) is 12.3. The number of fused-ring (bicyclic) bond motifs is 2. The number of hydrogen-bond donors (Lipinski definition) is 3. The molecule has 1 atom stereocenters. The van der Waals surface area contributed by atoms with Crippen molar-refractivity contribution in [1.29, 1.82) is 0 Å². The van der Waals surface area contributed by atoms with E-state index in [2.05, 4.69) is 78.4 Å². The zero-order chi connectivity index (χ0) is 26.9. The van der Waals surface area contributed by atoms with Crippen molar-refractivity contribution in [2.45, 2.75) is 51.9 Å². The molecule has 0 bridgehead atoms. The third-order valence-corrected chi connectivity index (χ3v) is 7.44. The van der Waals surface area contributed by atoms with Crippen LogP contribution >= 0.6 is 0 Å². The number of aromatic nitrogens is 4. The SMILES string of the molecule is C=C(C)N1CCC(Nc2nc(C(F)(F)F)nc3c(NCC(C)CN4CCc5ccccc5C4)n[nH]c23)CC1. The maximum atomic E-state index is 13.7. The fourth-order valence-corrected chi connectivity index (χ4v) is 5.34. The van der Waals surface area contributed by atoms with Gasteiger partial charge in [0.25, 0.3) is 0 Å². The molecule has 0 spiro atoms. The first-order chi connectivity index (χ1) is 18.2. The Bertz CT molecular complexity index is 1280. The number of alkyl halides is 3. The summed E-state index contributed by atoms with van der Waals surface area (Å²) in [7, 11) is 0. The van der Waals surface area contributed by atoms with E-state index in [1.54, 1.807) is 0 Å². The average molecular weight is 529 g/mol. The Labute approximate surface area is 220 Å². The third kappa shape index (κ3) is 5.87. The van der Waals surface area contributed by atoms with Crippen LogP contribution in [-0.4, -0.2) is 68.7 Å². The number of benzene rings is 1. The molecule has 0 aliphatic carbocycles. The highest BCUT2D eigenvalue weighted by Crippen LogP contribution is 2.33. The van der Waals surface area contributed by atoms with E-state index < -0.39 is 12.0 Å². The molecular formula is C27H35F3N8. The highest BCUT2D eigenvalue weighted by molar-refractivity contribution is 5.93. The van der Waals surface area contributed by atoms with Crippen LogP contribution in [0.4, 0.5) is 24.8 Å². The Kier molecular flexibility index (Phi) is 7.47. The monoisotopic (exact) mass is 528 g/mol. The maximum absolute atomic E-state index is 13.7. The Morgan fingerprint density at radius 2 is 1.87 bits per heavy atom. The first kappa shape index (κ1) is 26.3. The van der Waals surface area contributed by atoms with Gasteiger partial charge < -0.3 is 15.5 Å². The van der Waals surface area contributed by atoms with Gasteiger partial charge in [-0.3, -0.25) is 10.00 Å². The molecule has 8 nitrogen and oxygen atoms in total. The Hall–Kier alpha value is -3.34. The van der Waals surface area contributed by atoms with E-state index >= 15 is 0 Å². The summed E-state index contributed by atoms with van der Waals surface area (Å²) in [6.07, 6.45) is -2.09. The highest BCUT2D eigenvalue weighted by Gasteiger charge is 2.36. The Morgan fingerprint density at radius 1 is 1.13 bits per heavy atom. The van der Waals surface area contributed by atoms with Gasteiger partial charge in [0.05, 0.1) is 0 Å². The van der Waals surface area contributed by atoms with Crippen LogP contribution in [0.3, 0.4) is 0 Å². The summed E-state index contributed by atoms with van der Waals surface area (Å²) >= 11 is 0. The van der Waals surface area contributed by atoms with Gasteiger partial charge in [-0.2, -0.15) is 18.3 Å². The highest BCUT2D eigenvalue weighted by atomic mass is 19.4. The number of piperidine rings is 1. The van der Waals surface area contributed by atoms with Crippen LogP contribution in [0.25, 0.3) is 11.0 Å². The molecule has 38 heavy (non-hydrogen) atoms. The third-order valence-electron chi connectivity index (χ3n) is 7.44. The van der Waals surface area contributed by atoms with Gasteiger partial charge in [-0.05, 0) is 43.2 Å². The molecule has 0 amide bonds. The topological polar surface area (TPSA) is 85.0 Å². The van der Waals surface area contributed by atoms with Gasteiger partial charge in [-0.1, -0.05) is 37.8 Å². The lowest BCUT2D eigenvalue weighted by Crippen LogP contribution is -2.38. The largest absolute Gasteiger partial charge is 0.451 e. The van der Waals surface area contributed by atoms with Crippen LogP contribution in [0.5, 0.6) is 0 Å². The standard InChI is InChI=1S/C27H35F3N8/c1-17(2)38-12-9-21(10-13-38)32-25-23-22(33-26(34-25)27(28,29)30)24(36-35-23)31-14-18(3)15-37-11-8-19-6-4-5-7-20(19)16-37/h4-7,18,21H,1,8-16H2,2-3H3,(H2,31,35,36)(H,32,33,34). The van der Waals surface area contributed by atoms with Crippen LogP contribution in [0.15, 0.2) is 36.5 Å². The number of anilines is 2. The van der Waals surface area contributed by atoms with Crippen LogP contribution in [0.1, 0.15) is 43.6 Å². The number of likely N-dealkylation sites (tertiary alicyclic amines) is 1. The maximum Gasteiger partial charge on any atom is 0.451 e. The van der Waals surface area contributed by atoms with Crippen LogP contribution < -0.4 is 10.6 Å². The van der Waals surface area contributed by atoms with Crippen molar-refractivity contribution in [3.05, 3.63) is 53.5 Å². The summed E-state index contributed by atoms with van der Waals surface area (Å²) in [6.45, 7) is 13.0. The van der Waals surface area contributed by atoms with E-state index in [1.165, 1.54) is 11.1 Å². The summed E-state index contributed by atoms with van der Waals surface area (Å²) < 4.78 is 41.1. The summed E-state index contributed by atoms with van der Waals surface area (Å²) in [5, 5.41) is 13.6. The van der Waals surface area contributed by atoms with Crippen molar-refractivity contribution in [2.75, 3.05) is 43.4 Å². The molecule has 1 aromatic carbocycles. The van der Waals surface area contributed by atoms with Gasteiger partial charge in [0.2, 0.25) is 5.82 Å². The van der Waals surface area contributed by atoms with Gasteiger partial charge in [0.1, 0.15) is 11.0 Å². The Morgan fingerprint density at radius 3 is 2.58 bits per heavy atom. The molecule has 2 aliphatic rings. The summed E-state index contributed by atoms with van der Waals surface area (Å²) in [5.74, 6) is -0.469. The van der Waals surface area contributed by atoms with Gasteiger partial charge in [0.15, 0.2) is 11.6 Å². The van der Waals surface area contributed by atoms with E-state index in [1.807, 2.05) is 6.92 Å². The number of rotatable bonds is 8. The first-order valence-corrected chi connectivity index (χ1v) is 13.2. The number of allylic oxidation sites excluding steroid dienone is 1. The first-order valence-electron chi connectivity index (χ1n) is 13.2. The Balaban J connectivity index is 1.27. The number of aromatic amines is 1. The second-order valence-electron chi connectivity index (χ2n) is 10.6. The van der Waals surface area contributed by atoms with E-state index in [-0.39, 0.29) is 23.3 Å². The summed E-state index contributed by atoms with van der Waals surface area (Å²) in [5.41, 5.74) is 4.29. The summed E-state index contributed by atoms with van der Waals surface area (Å²) in [6, 6.07) is 8.51. The van der Waals surface area contributed by atoms with Crippen LogP contribution in [0.2, 0.25) is 0 Å². The van der Waals surface area contributed by atoms with Crippen molar-refractivity contribution < 1.29 is 13.2 Å². The van der Waals surface area contributed by atoms with Gasteiger partial charge in [-0.15, -0.1) is 0 Å². The number of H-pyrrole nitrogens is 1. The van der Waals surface area contributed by atoms with E-state index in [9.17, 15) is 13.2 Å². The molecular weight excluding hydrogens is 493 g/mol. The molecule has 0 saturated carbocycles. The normalized spacial score (nSPS) is 17.9. The predicted octanol–water partition coefficient (Wildman–Crippen LogP) is 4.89. The van der Waals surface area contributed by atoms with Crippen molar-refractivity contribution in [3.8, 4) is 0 Å². The van der Waals surface area contributed by atoms with Gasteiger partial charge in [0, 0.05) is 51.0 Å². The van der Waals surface area contributed by atoms with E-state index in [0.717, 1.165) is 57.7 Å². The lowest BCUT2D eigenvalue weighted by Gasteiger charge is -2.34. The average Bonchev–Trinajstić information content (AvgIpc) is 3.30. The number of nitrogens with one attached hydrogen (secondary N) is 3. The smallest absolute Gasteiger partial charge is 0.375 e. The predicted molar refractivity (Wildman–Crippen MR) is 143 cm³/mol. The second-order valence-corrected chi connectivity index (χ2v) is 10.6. The van der Waals surface area contributed by atoms with Gasteiger partial charge >= 0.3 is 6.18 Å². The minimum Gasteiger partial charge on any atom is -0.375 e. The molecule has 4 heterocycles. The van der Waals surface area contributed by atoms with Crippen molar-refractivity contribution >= 4 is 22.7 Å². The molecule has 1 fully saturated rings. The molecule has 5 rings (SSSR count). The van der Waals surface area contributed by atoms with Crippen LogP contribution in [0, 0.1) is 5.92 Å². The van der Waals surface area contributed by atoms with Crippen molar-refractivity contribution in [3.63, 3.8) is 0 Å². The van der Waals surface area contributed by atoms with Gasteiger partial charge in [-0.25, -0.2) is 9.97 Å². The minimum atomic E-state index is -4.67. The molecule has 1 unspecified atom stereocenters. The molecule has 1 saturated heterocycles. The number of nitrogens with zero attached hydrogens (tertiary/aromatic N) is 5. The van der Waals surface area contributed by atoms with Crippen molar-refractivity contribution in [1.82, 2.24) is 30.0 Å².